The second kappa shape index (κ2) is 6.52. The van der Waals surface area contributed by atoms with E-state index in [4.69, 9.17) is 4.98 Å². The fourth-order valence-corrected chi connectivity index (χ4v) is 3.22. The maximum absolute atomic E-state index is 4.94. The first kappa shape index (κ1) is 15.6. The third-order valence-corrected chi connectivity index (χ3v) is 4.71. The van der Waals surface area contributed by atoms with E-state index in [-0.39, 0.29) is 0 Å². The summed E-state index contributed by atoms with van der Waals surface area (Å²) in [5.41, 5.74) is 8.32. The van der Waals surface area contributed by atoms with Gasteiger partial charge in [-0.2, -0.15) is 0 Å². The zero-order chi connectivity index (χ0) is 17.2. The summed E-state index contributed by atoms with van der Waals surface area (Å²) in [7, 11) is 0. The van der Waals surface area contributed by atoms with Gasteiger partial charge in [-0.1, -0.05) is 73.2 Å². The van der Waals surface area contributed by atoms with Crippen molar-refractivity contribution in [1.82, 2.24) is 4.98 Å². The summed E-state index contributed by atoms with van der Waals surface area (Å²) in [5, 5.41) is 1.22. The Kier molecular flexibility index (Phi) is 4.07. The molecule has 0 fully saturated rings. The number of hydrogen-bond acceptors (Lipinski definition) is 1. The minimum atomic E-state index is 1.02. The van der Waals surface area contributed by atoms with Crippen LogP contribution in [0.4, 0.5) is 0 Å². The van der Waals surface area contributed by atoms with Crippen LogP contribution in [0, 0.1) is 6.92 Å². The molecule has 0 N–H and O–H groups in total. The van der Waals surface area contributed by atoms with Crippen LogP contribution in [0.15, 0.2) is 78.9 Å². The quantitative estimate of drug-likeness (QED) is 0.423. The lowest BCUT2D eigenvalue weighted by molar-refractivity contribution is 1.14. The Balaban J connectivity index is 1.99. The highest BCUT2D eigenvalue weighted by molar-refractivity contribution is 5.97. The molecule has 0 aliphatic heterocycles. The molecule has 0 aliphatic rings. The van der Waals surface area contributed by atoms with Gasteiger partial charge in [0.1, 0.15) is 0 Å². The number of pyridine rings is 1. The van der Waals surface area contributed by atoms with E-state index < -0.39 is 0 Å². The molecule has 4 rings (SSSR count). The van der Waals surface area contributed by atoms with E-state index in [9.17, 15) is 0 Å². The van der Waals surface area contributed by atoms with E-state index in [1.54, 1.807) is 0 Å². The summed E-state index contributed by atoms with van der Waals surface area (Å²) < 4.78 is 0. The van der Waals surface area contributed by atoms with Gasteiger partial charge in [-0.3, -0.25) is 0 Å². The lowest BCUT2D eigenvalue weighted by Gasteiger charge is -2.12. The summed E-state index contributed by atoms with van der Waals surface area (Å²) >= 11 is 0. The van der Waals surface area contributed by atoms with Gasteiger partial charge < -0.3 is 0 Å². The molecule has 4 aromatic rings. The van der Waals surface area contributed by atoms with Gasteiger partial charge in [0.25, 0.3) is 0 Å². The minimum absolute atomic E-state index is 1.02. The molecule has 0 radical (unpaired) electrons. The van der Waals surface area contributed by atoms with Crippen LogP contribution in [-0.4, -0.2) is 4.98 Å². The Morgan fingerprint density at radius 2 is 1.52 bits per heavy atom. The molecule has 0 saturated carbocycles. The van der Waals surface area contributed by atoms with Gasteiger partial charge in [0, 0.05) is 10.9 Å². The van der Waals surface area contributed by atoms with Gasteiger partial charge in [-0.05, 0) is 48.2 Å². The highest BCUT2D eigenvalue weighted by Gasteiger charge is 2.10. The SMILES string of the molecule is CCc1ccc2nc(-c3ccc(C)cc3)cc(-c3ccccc3)c2c1. The number of aryl methyl sites for hydroxylation is 2. The average Bonchev–Trinajstić information content (AvgIpc) is 2.68. The van der Waals surface area contributed by atoms with Crippen LogP contribution in [0.3, 0.4) is 0 Å². The summed E-state index contributed by atoms with van der Waals surface area (Å²) in [6.07, 6.45) is 1.03. The van der Waals surface area contributed by atoms with Crippen molar-refractivity contribution in [2.75, 3.05) is 0 Å². The molecule has 0 spiro atoms. The number of nitrogens with zero attached hydrogens (tertiary/aromatic N) is 1. The molecule has 0 unspecified atom stereocenters. The van der Waals surface area contributed by atoms with E-state index in [1.165, 1.54) is 27.6 Å². The number of hydrogen-bond donors (Lipinski definition) is 0. The van der Waals surface area contributed by atoms with Crippen molar-refractivity contribution >= 4 is 10.9 Å². The first-order chi connectivity index (χ1) is 12.2. The van der Waals surface area contributed by atoms with Crippen molar-refractivity contribution in [2.45, 2.75) is 20.3 Å². The molecule has 122 valence electrons. The maximum Gasteiger partial charge on any atom is 0.0715 e. The van der Waals surface area contributed by atoms with E-state index in [1.807, 2.05) is 0 Å². The standard InChI is InChI=1S/C24H21N/c1-3-18-11-14-23-22(15-18)21(19-7-5-4-6-8-19)16-24(25-23)20-12-9-17(2)10-13-20/h4-16H,3H2,1-2H3. The lowest BCUT2D eigenvalue weighted by atomic mass is 9.96. The van der Waals surface area contributed by atoms with Gasteiger partial charge in [-0.25, -0.2) is 4.98 Å². The van der Waals surface area contributed by atoms with E-state index in [0.29, 0.717) is 0 Å². The molecule has 0 atom stereocenters. The second-order valence-electron chi connectivity index (χ2n) is 6.49. The third-order valence-electron chi connectivity index (χ3n) is 4.71. The second-order valence-corrected chi connectivity index (χ2v) is 6.49. The van der Waals surface area contributed by atoms with Crippen molar-refractivity contribution < 1.29 is 0 Å². The Morgan fingerprint density at radius 1 is 0.760 bits per heavy atom. The van der Waals surface area contributed by atoms with Gasteiger partial charge in [0.15, 0.2) is 0 Å². The molecule has 3 aromatic carbocycles. The largest absolute Gasteiger partial charge is 0.248 e. The van der Waals surface area contributed by atoms with E-state index in [2.05, 4.69) is 92.7 Å². The van der Waals surface area contributed by atoms with Crippen LogP contribution >= 0.6 is 0 Å². The molecule has 0 bridgehead atoms. The molecule has 1 nitrogen and oxygen atoms in total. The van der Waals surface area contributed by atoms with Crippen LogP contribution in [0.1, 0.15) is 18.1 Å². The summed E-state index contributed by atoms with van der Waals surface area (Å²) in [6, 6.07) is 28.0. The van der Waals surface area contributed by atoms with E-state index >= 15 is 0 Å². The molecular weight excluding hydrogens is 302 g/mol. The fraction of sp³-hybridized carbons (Fsp3) is 0.125. The Morgan fingerprint density at radius 3 is 2.24 bits per heavy atom. The third kappa shape index (κ3) is 3.06. The van der Waals surface area contributed by atoms with Crippen LogP contribution < -0.4 is 0 Å². The van der Waals surface area contributed by atoms with Crippen molar-refractivity contribution in [3.8, 4) is 22.4 Å². The van der Waals surface area contributed by atoms with Gasteiger partial charge in [0.05, 0.1) is 11.2 Å². The summed E-state index contributed by atoms with van der Waals surface area (Å²) in [4.78, 5) is 4.94. The van der Waals surface area contributed by atoms with Crippen molar-refractivity contribution in [2.24, 2.45) is 0 Å². The molecule has 1 heterocycles. The normalized spacial score (nSPS) is 11.0. The number of rotatable bonds is 3. The molecule has 0 aliphatic carbocycles. The fourth-order valence-electron chi connectivity index (χ4n) is 3.22. The van der Waals surface area contributed by atoms with Gasteiger partial charge >= 0.3 is 0 Å². The molecular formula is C24H21N. The van der Waals surface area contributed by atoms with Crippen LogP contribution in [-0.2, 0) is 6.42 Å². The average molecular weight is 323 g/mol. The van der Waals surface area contributed by atoms with Crippen molar-refractivity contribution in [3.63, 3.8) is 0 Å². The van der Waals surface area contributed by atoms with Crippen LogP contribution in [0.25, 0.3) is 33.3 Å². The highest BCUT2D eigenvalue weighted by Crippen LogP contribution is 2.32. The van der Waals surface area contributed by atoms with Gasteiger partial charge in [-0.15, -0.1) is 0 Å². The summed E-state index contributed by atoms with van der Waals surface area (Å²) in [5.74, 6) is 0. The van der Waals surface area contributed by atoms with Crippen molar-refractivity contribution in [1.29, 1.82) is 0 Å². The summed E-state index contributed by atoms with van der Waals surface area (Å²) in [6.45, 7) is 4.30. The van der Waals surface area contributed by atoms with E-state index in [0.717, 1.165) is 23.2 Å². The topological polar surface area (TPSA) is 12.9 Å². The van der Waals surface area contributed by atoms with Crippen molar-refractivity contribution in [3.05, 3.63) is 90.0 Å². The number of aromatic nitrogens is 1. The molecule has 0 amide bonds. The highest BCUT2D eigenvalue weighted by atomic mass is 14.7. The molecule has 0 saturated heterocycles. The first-order valence-electron chi connectivity index (χ1n) is 8.81. The molecule has 25 heavy (non-hydrogen) atoms. The maximum atomic E-state index is 4.94. The Bertz CT molecular complexity index is 1020. The van der Waals surface area contributed by atoms with Gasteiger partial charge in [0.2, 0.25) is 0 Å². The van der Waals surface area contributed by atoms with Crippen LogP contribution in [0.5, 0.6) is 0 Å². The number of benzene rings is 3. The minimum Gasteiger partial charge on any atom is -0.248 e. The zero-order valence-electron chi connectivity index (χ0n) is 14.7. The lowest BCUT2D eigenvalue weighted by Crippen LogP contribution is -1.91. The first-order valence-corrected chi connectivity index (χ1v) is 8.81. The Labute approximate surface area is 149 Å². The molecule has 1 heteroatoms. The molecule has 1 aromatic heterocycles. The zero-order valence-corrected chi connectivity index (χ0v) is 14.7. The number of fused-ring (bicyclic) bond motifs is 1. The Hall–Kier alpha value is -2.93. The predicted molar refractivity (Wildman–Crippen MR) is 107 cm³/mol. The van der Waals surface area contributed by atoms with Crippen LogP contribution in [0.2, 0.25) is 0 Å². The monoisotopic (exact) mass is 323 g/mol. The smallest absolute Gasteiger partial charge is 0.0715 e. The predicted octanol–water partition coefficient (Wildman–Crippen LogP) is 6.44.